The second-order valence-electron chi connectivity index (χ2n) is 12.2. The predicted molar refractivity (Wildman–Crippen MR) is 165 cm³/mol. The Morgan fingerprint density at radius 3 is 2.12 bits per heavy atom. The van der Waals surface area contributed by atoms with Gasteiger partial charge in [0.15, 0.2) is 0 Å². The van der Waals surface area contributed by atoms with E-state index in [4.69, 9.17) is 19.2 Å². The number of rotatable bonds is 11. The first-order valence-corrected chi connectivity index (χ1v) is 14.3. The maximum atomic E-state index is 12.9. The molecular weight excluding hydrogens is 532 g/mol. The Kier molecular flexibility index (Phi) is 9.85. The molecule has 0 radical (unpaired) electrons. The van der Waals surface area contributed by atoms with Gasteiger partial charge in [-0.15, -0.1) is 0 Å². The monoisotopic (exact) mass is 574 g/mol. The van der Waals surface area contributed by atoms with E-state index in [2.05, 4.69) is 66.1 Å². The molecular formula is C33H42N4O5. The molecule has 0 fully saturated rings. The van der Waals surface area contributed by atoms with E-state index in [9.17, 15) is 9.59 Å². The van der Waals surface area contributed by atoms with E-state index >= 15 is 0 Å². The highest BCUT2D eigenvalue weighted by atomic mass is 16.6. The highest BCUT2D eigenvalue weighted by Gasteiger charge is 2.17. The van der Waals surface area contributed by atoms with Crippen LogP contribution in [0.4, 0.5) is 4.79 Å². The van der Waals surface area contributed by atoms with Gasteiger partial charge in [0.25, 0.3) is 5.91 Å². The van der Waals surface area contributed by atoms with Crippen LogP contribution in [-0.4, -0.2) is 66.5 Å². The van der Waals surface area contributed by atoms with Crippen LogP contribution in [0.25, 0.3) is 27.8 Å². The summed E-state index contributed by atoms with van der Waals surface area (Å²) in [7, 11) is 0. The van der Waals surface area contributed by atoms with E-state index in [0.29, 0.717) is 45.1 Å². The van der Waals surface area contributed by atoms with Crippen molar-refractivity contribution in [2.24, 2.45) is 0 Å². The van der Waals surface area contributed by atoms with Crippen LogP contribution in [0.15, 0.2) is 60.8 Å². The Hall–Kier alpha value is -3.95. The van der Waals surface area contributed by atoms with E-state index in [1.54, 1.807) is 0 Å². The van der Waals surface area contributed by atoms with Crippen molar-refractivity contribution in [1.82, 2.24) is 20.0 Å². The molecule has 0 saturated heterocycles. The highest BCUT2D eigenvalue weighted by molar-refractivity contribution is 5.98. The summed E-state index contributed by atoms with van der Waals surface area (Å²) < 4.78 is 18.3. The number of carbonyl (C=O) groups is 2. The van der Waals surface area contributed by atoms with Gasteiger partial charge < -0.3 is 29.2 Å². The topological polar surface area (TPSA) is 103 Å². The number of carbonyl (C=O) groups excluding carboxylic acids is 2. The van der Waals surface area contributed by atoms with Gasteiger partial charge >= 0.3 is 6.09 Å². The van der Waals surface area contributed by atoms with Gasteiger partial charge in [0, 0.05) is 30.4 Å². The average molecular weight is 575 g/mol. The third kappa shape index (κ3) is 8.30. The fourth-order valence-corrected chi connectivity index (χ4v) is 4.46. The zero-order chi connectivity index (χ0) is 30.3. The van der Waals surface area contributed by atoms with Gasteiger partial charge in [-0.2, -0.15) is 0 Å². The molecule has 2 heterocycles. The van der Waals surface area contributed by atoms with Crippen molar-refractivity contribution in [2.75, 3.05) is 39.5 Å². The summed E-state index contributed by atoms with van der Waals surface area (Å²) in [5.41, 5.74) is 5.95. The SMILES string of the molecule is CC(C)(C)OC(=O)NCCOCCOCCNC(=O)c1ccc2c(c1)nc(-c1ccc(C(C)(C)C)cc1)c1cccn12. The maximum absolute atomic E-state index is 12.9. The van der Waals surface area contributed by atoms with Gasteiger partial charge in [-0.25, -0.2) is 9.78 Å². The number of nitrogens with zero attached hydrogens (tertiary/aromatic N) is 2. The quantitative estimate of drug-likeness (QED) is 0.222. The summed E-state index contributed by atoms with van der Waals surface area (Å²) in [6.07, 6.45) is 1.55. The van der Waals surface area contributed by atoms with Crippen molar-refractivity contribution in [3.63, 3.8) is 0 Å². The number of aromatic nitrogens is 2. The van der Waals surface area contributed by atoms with E-state index < -0.39 is 11.7 Å². The van der Waals surface area contributed by atoms with Crippen LogP contribution < -0.4 is 10.6 Å². The summed E-state index contributed by atoms with van der Waals surface area (Å²) >= 11 is 0. The van der Waals surface area contributed by atoms with Gasteiger partial charge in [0.05, 0.1) is 48.7 Å². The van der Waals surface area contributed by atoms with Crippen LogP contribution >= 0.6 is 0 Å². The third-order valence-electron chi connectivity index (χ3n) is 6.56. The Balaban J connectivity index is 1.27. The van der Waals surface area contributed by atoms with Crippen LogP contribution in [0.5, 0.6) is 0 Å². The molecule has 9 nitrogen and oxygen atoms in total. The van der Waals surface area contributed by atoms with Gasteiger partial charge in [0.1, 0.15) is 5.60 Å². The summed E-state index contributed by atoms with van der Waals surface area (Å²) in [6, 6.07) is 18.2. The van der Waals surface area contributed by atoms with Crippen molar-refractivity contribution in [3.05, 3.63) is 71.9 Å². The Morgan fingerprint density at radius 1 is 0.810 bits per heavy atom. The lowest BCUT2D eigenvalue weighted by molar-refractivity contribution is 0.0400. The Bertz CT molecular complexity index is 1510. The fraction of sp³-hybridized carbons (Fsp3) is 0.424. The van der Waals surface area contributed by atoms with Gasteiger partial charge in [0.2, 0.25) is 0 Å². The number of amides is 2. The van der Waals surface area contributed by atoms with E-state index in [1.165, 1.54) is 5.56 Å². The second-order valence-corrected chi connectivity index (χ2v) is 12.2. The fourth-order valence-electron chi connectivity index (χ4n) is 4.46. The number of ether oxygens (including phenoxy) is 3. The lowest BCUT2D eigenvalue weighted by atomic mass is 9.86. The largest absolute Gasteiger partial charge is 0.444 e. The molecule has 224 valence electrons. The molecule has 0 atom stereocenters. The molecule has 42 heavy (non-hydrogen) atoms. The minimum atomic E-state index is -0.530. The van der Waals surface area contributed by atoms with Crippen LogP contribution in [-0.2, 0) is 19.6 Å². The zero-order valence-corrected chi connectivity index (χ0v) is 25.5. The number of alkyl carbamates (subject to hydrolysis) is 1. The summed E-state index contributed by atoms with van der Waals surface area (Å²) in [5, 5.41) is 5.54. The average Bonchev–Trinajstić information content (AvgIpc) is 3.42. The van der Waals surface area contributed by atoms with Crippen molar-refractivity contribution < 1.29 is 23.8 Å². The molecule has 0 spiro atoms. The van der Waals surface area contributed by atoms with Gasteiger partial charge in [-0.1, -0.05) is 45.0 Å². The Morgan fingerprint density at radius 2 is 1.48 bits per heavy atom. The molecule has 2 amide bonds. The molecule has 4 aromatic rings. The number of nitrogens with one attached hydrogen (secondary N) is 2. The molecule has 9 heteroatoms. The summed E-state index contributed by atoms with van der Waals surface area (Å²) in [6.45, 7) is 14.2. The minimum absolute atomic E-state index is 0.0724. The van der Waals surface area contributed by atoms with E-state index in [0.717, 1.165) is 27.8 Å². The molecule has 0 aliphatic carbocycles. The van der Waals surface area contributed by atoms with Crippen LogP contribution in [0, 0.1) is 0 Å². The molecule has 2 N–H and O–H groups in total. The van der Waals surface area contributed by atoms with Crippen LogP contribution in [0.1, 0.15) is 57.5 Å². The Labute approximate surface area is 247 Å². The lowest BCUT2D eigenvalue weighted by Gasteiger charge is -2.19. The molecule has 4 rings (SSSR count). The predicted octanol–water partition coefficient (Wildman–Crippen LogP) is 5.74. The number of hydrogen-bond acceptors (Lipinski definition) is 6. The number of fused-ring (bicyclic) bond motifs is 3. The standard InChI is InChI=1S/C33H42N4O5/c1-32(2,3)25-12-9-23(10-13-25)29-28-8-7-17-37(28)27-14-11-24(22-26(27)36-29)30(38)34-15-18-40-20-21-41-19-16-35-31(39)42-33(4,5)6/h7-14,17,22H,15-16,18-21H2,1-6H3,(H,34,38)(H,35,39). The summed E-state index contributed by atoms with van der Waals surface area (Å²) in [4.78, 5) is 29.4. The second kappa shape index (κ2) is 13.4. The lowest BCUT2D eigenvalue weighted by Crippen LogP contribution is -2.34. The van der Waals surface area contributed by atoms with Crippen molar-refractivity contribution in [3.8, 4) is 11.3 Å². The first kappa shape index (κ1) is 31.0. The smallest absolute Gasteiger partial charge is 0.407 e. The van der Waals surface area contributed by atoms with Crippen molar-refractivity contribution in [2.45, 2.75) is 52.6 Å². The summed E-state index contributed by atoms with van der Waals surface area (Å²) in [5.74, 6) is -0.185. The van der Waals surface area contributed by atoms with Crippen molar-refractivity contribution in [1.29, 1.82) is 0 Å². The third-order valence-corrected chi connectivity index (χ3v) is 6.56. The first-order chi connectivity index (χ1) is 19.9. The zero-order valence-electron chi connectivity index (χ0n) is 25.5. The van der Waals surface area contributed by atoms with Crippen molar-refractivity contribution >= 4 is 28.6 Å². The first-order valence-electron chi connectivity index (χ1n) is 14.3. The van der Waals surface area contributed by atoms with E-state index in [1.807, 2.05) is 51.2 Å². The molecule has 0 aliphatic rings. The van der Waals surface area contributed by atoms with Gasteiger partial charge in [-0.3, -0.25) is 4.79 Å². The minimum Gasteiger partial charge on any atom is -0.444 e. The number of benzene rings is 2. The van der Waals surface area contributed by atoms with Crippen LogP contribution in [0.2, 0.25) is 0 Å². The molecule has 0 unspecified atom stereocenters. The normalized spacial score (nSPS) is 12.0. The number of hydrogen-bond donors (Lipinski definition) is 2. The molecule has 0 saturated carbocycles. The van der Waals surface area contributed by atoms with E-state index in [-0.39, 0.29) is 11.3 Å². The molecule has 2 aromatic heterocycles. The molecule has 2 aromatic carbocycles. The molecule has 0 aliphatic heterocycles. The van der Waals surface area contributed by atoms with Gasteiger partial charge in [-0.05, 0) is 62.1 Å². The maximum Gasteiger partial charge on any atom is 0.407 e. The molecule has 0 bridgehead atoms. The van der Waals surface area contributed by atoms with Crippen LogP contribution in [0.3, 0.4) is 0 Å². The highest BCUT2D eigenvalue weighted by Crippen LogP contribution is 2.30.